The fraction of sp³-hybridized carbons (Fsp3) is 0.364. The number of hydrogen-bond donors (Lipinski definition) is 1. The Morgan fingerprint density at radius 2 is 2.12 bits per heavy atom. The first kappa shape index (κ1) is 12.2. The number of fused-ring (bicyclic) bond motifs is 1. The third-order valence-corrected chi connectivity index (χ3v) is 3.19. The number of rotatable bonds is 4. The van der Waals surface area contributed by atoms with Crippen LogP contribution in [-0.4, -0.2) is 17.7 Å². The van der Waals surface area contributed by atoms with E-state index in [2.05, 4.69) is 10.3 Å². The smallest absolute Gasteiger partial charge is 0.370 e. The summed E-state index contributed by atoms with van der Waals surface area (Å²) < 4.78 is 36.9. The predicted octanol–water partition coefficient (Wildman–Crippen LogP) is 4.05. The van der Waals surface area contributed by atoms with Crippen LogP contribution >= 0.6 is 11.3 Å². The second-order valence-corrected chi connectivity index (χ2v) is 4.59. The lowest BCUT2D eigenvalue weighted by atomic mass is 10.3. The molecule has 2 rings (SSSR count). The summed E-state index contributed by atoms with van der Waals surface area (Å²) in [5, 5.41) is 5.84. The first-order valence-corrected chi connectivity index (χ1v) is 6.07. The topological polar surface area (TPSA) is 24.9 Å². The van der Waals surface area contributed by atoms with Gasteiger partial charge in [0.1, 0.15) is 5.82 Å². The van der Waals surface area contributed by atoms with Gasteiger partial charge in [-0.1, -0.05) is 0 Å². The van der Waals surface area contributed by atoms with Gasteiger partial charge in [-0.3, -0.25) is 0 Å². The van der Waals surface area contributed by atoms with Crippen LogP contribution in [0.2, 0.25) is 0 Å². The number of alkyl halides is 3. The van der Waals surface area contributed by atoms with Crippen molar-refractivity contribution < 1.29 is 13.2 Å². The molecular formula is C11H11F3N2S. The third-order valence-electron chi connectivity index (χ3n) is 2.31. The van der Waals surface area contributed by atoms with Crippen LogP contribution < -0.4 is 5.32 Å². The van der Waals surface area contributed by atoms with E-state index in [9.17, 15) is 13.2 Å². The standard InChI is InChI=1S/C11H11F3N2S/c12-11(13,14)4-1-5-15-10-8-3-7-17-9(8)2-6-16-10/h2-3,6-7H,1,4-5H2,(H,15,16). The van der Waals surface area contributed by atoms with Crippen LogP contribution in [0.5, 0.6) is 0 Å². The monoisotopic (exact) mass is 260 g/mol. The highest BCUT2D eigenvalue weighted by Crippen LogP contribution is 2.26. The Labute approximate surface area is 100 Å². The molecule has 2 nitrogen and oxygen atoms in total. The number of halogens is 3. The van der Waals surface area contributed by atoms with Crippen molar-refractivity contribution in [3.8, 4) is 0 Å². The Kier molecular flexibility index (Phi) is 3.51. The second-order valence-electron chi connectivity index (χ2n) is 3.64. The Morgan fingerprint density at radius 1 is 1.29 bits per heavy atom. The normalized spacial score (nSPS) is 11.9. The Balaban J connectivity index is 1.93. The zero-order valence-corrected chi connectivity index (χ0v) is 9.74. The lowest BCUT2D eigenvalue weighted by molar-refractivity contribution is -0.134. The summed E-state index contributed by atoms with van der Waals surface area (Å²) >= 11 is 1.58. The van der Waals surface area contributed by atoms with Gasteiger partial charge in [-0.25, -0.2) is 4.98 Å². The van der Waals surface area contributed by atoms with Gasteiger partial charge >= 0.3 is 6.18 Å². The van der Waals surface area contributed by atoms with Gasteiger partial charge in [-0.2, -0.15) is 13.2 Å². The fourth-order valence-corrected chi connectivity index (χ4v) is 2.31. The molecule has 17 heavy (non-hydrogen) atoms. The van der Waals surface area contributed by atoms with Crippen molar-refractivity contribution >= 4 is 27.2 Å². The molecule has 0 radical (unpaired) electrons. The molecule has 0 fully saturated rings. The van der Waals surface area contributed by atoms with Crippen LogP contribution in [0, 0.1) is 0 Å². The molecule has 2 aromatic rings. The van der Waals surface area contributed by atoms with E-state index in [-0.39, 0.29) is 13.0 Å². The van der Waals surface area contributed by atoms with Crippen molar-refractivity contribution in [3.63, 3.8) is 0 Å². The van der Waals surface area contributed by atoms with Crippen LogP contribution in [0.3, 0.4) is 0 Å². The Morgan fingerprint density at radius 3 is 2.88 bits per heavy atom. The fourth-order valence-electron chi connectivity index (χ4n) is 1.53. The van der Waals surface area contributed by atoms with Crippen LogP contribution in [0.25, 0.3) is 10.1 Å². The number of thiophene rings is 1. The van der Waals surface area contributed by atoms with Gasteiger partial charge in [0.25, 0.3) is 0 Å². The van der Waals surface area contributed by atoms with Crippen molar-refractivity contribution in [2.75, 3.05) is 11.9 Å². The Bertz CT molecular complexity index is 493. The molecular weight excluding hydrogens is 249 g/mol. The van der Waals surface area contributed by atoms with Crippen molar-refractivity contribution in [2.24, 2.45) is 0 Å². The quantitative estimate of drug-likeness (QED) is 0.839. The summed E-state index contributed by atoms with van der Waals surface area (Å²) in [7, 11) is 0. The molecule has 0 aliphatic heterocycles. The predicted molar refractivity (Wildman–Crippen MR) is 63.4 cm³/mol. The molecule has 0 unspecified atom stereocenters. The highest BCUT2D eigenvalue weighted by atomic mass is 32.1. The second kappa shape index (κ2) is 4.91. The molecule has 92 valence electrons. The van der Waals surface area contributed by atoms with Gasteiger partial charge in [0, 0.05) is 29.2 Å². The average molecular weight is 260 g/mol. The van der Waals surface area contributed by atoms with E-state index in [0.29, 0.717) is 5.82 Å². The van der Waals surface area contributed by atoms with E-state index < -0.39 is 12.6 Å². The first-order valence-electron chi connectivity index (χ1n) is 5.19. The molecule has 0 saturated heterocycles. The van der Waals surface area contributed by atoms with Crippen molar-refractivity contribution in [3.05, 3.63) is 23.7 Å². The molecule has 1 N–H and O–H groups in total. The molecule has 0 atom stereocenters. The number of nitrogens with one attached hydrogen (secondary N) is 1. The summed E-state index contributed by atoms with van der Waals surface area (Å²) in [6.45, 7) is 0.279. The average Bonchev–Trinajstić information content (AvgIpc) is 2.71. The number of pyridine rings is 1. The molecule has 0 bridgehead atoms. The van der Waals surface area contributed by atoms with E-state index >= 15 is 0 Å². The maximum atomic E-state index is 11.9. The third kappa shape index (κ3) is 3.33. The van der Waals surface area contributed by atoms with Gasteiger partial charge in [0.15, 0.2) is 0 Å². The summed E-state index contributed by atoms with van der Waals surface area (Å²) in [6, 6.07) is 3.81. The molecule has 0 spiro atoms. The maximum absolute atomic E-state index is 11.9. The molecule has 2 aromatic heterocycles. The molecule has 2 heterocycles. The van der Waals surface area contributed by atoms with Crippen molar-refractivity contribution in [2.45, 2.75) is 19.0 Å². The lowest BCUT2D eigenvalue weighted by Gasteiger charge is -2.08. The van der Waals surface area contributed by atoms with Crippen LogP contribution in [-0.2, 0) is 0 Å². The van der Waals surface area contributed by atoms with Crippen molar-refractivity contribution in [1.82, 2.24) is 4.98 Å². The van der Waals surface area contributed by atoms with Gasteiger partial charge in [0.2, 0.25) is 0 Å². The number of aromatic nitrogens is 1. The summed E-state index contributed by atoms with van der Waals surface area (Å²) in [5.74, 6) is 0.658. The zero-order valence-electron chi connectivity index (χ0n) is 8.92. The summed E-state index contributed by atoms with van der Waals surface area (Å²) in [4.78, 5) is 4.13. The molecule has 6 heteroatoms. The number of hydrogen-bond acceptors (Lipinski definition) is 3. The van der Waals surface area contributed by atoms with Gasteiger partial charge in [-0.15, -0.1) is 11.3 Å². The maximum Gasteiger partial charge on any atom is 0.389 e. The van der Waals surface area contributed by atoms with Crippen LogP contribution in [0.4, 0.5) is 19.0 Å². The first-order chi connectivity index (χ1) is 8.06. The largest absolute Gasteiger partial charge is 0.389 e. The summed E-state index contributed by atoms with van der Waals surface area (Å²) in [6.07, 6.45) is -3.13. The van der Waals surface area contributed by atoms with E-state index in [0.717, 1.165) is 10.1 Å². The number of anilines is 1. The minimum atomic E-state index is -4.08. The minimum absolute atomic E-state index is 0.0612. The lowest BCUT2D eigenvalue weighted by Crippen LogP contribution is -2.11. The van der Waals surface area contributed by atoms with E-state index in [4.69, 9.17) is 0 Å². The number of nitrogens with zero attached hydrogens (tertiary/aromatic N) is 1. The van der Waals surface area contributed by atoms with E-state index in [1.54, 1.807) is 17.5 Å². The molecule has 0 aromatic carbocycles. The van der Waals surface area contributed by atoms with Gasteiger partial charge < -0.3 is 5.32 Å². The SMILES string of the molecule is FC(F)(F)CCCNc1nccc2sccc12. The molecule has 0 saturated carbocycles. The Hall–Kier alpha value is -1.30. The van der Waals surface area contributed by atoms with Gasteiger partial charge in [-0.05, 0) is 23.9 Å². The molecule has 0 aliphatic carbocycles. The van der Waals surface area contributed by atoms with E-state index in [1.165, 1.54) is 0 Å². The summed E-state index contributed by atoms with van der Waals surface area (Å²) in [5.41, 5.74) is 0. The van der Waals surface area contributed by atoms with Crippen LogP contribution in [0.1, 0.15) is 12.8 Å². The molecule has 0 amide bonds. The van der Waals surface area contributed by atoms with E-state index in [1.807, 2.05) is 17.5 Å². The highest BCUT2D eigenvalue weighted by Gasteiger charge is 2.25. The van der Waals surface area contributed by atoms with Crippen molar-refractivity contribution in [1.29, 1.82) is 0 Å². The van der Waals surface area contributed by atoms with Gasteiger partial charge in [0.05, 0.1) is 0 Å². The molecule has 0 aliphatic rings. The van der Waals surface area contributed by atoms with Crippen LogP contribution in [0.15, 0.2) is 23.7 Å². The highest BCUT2D eigenvalue weighted by molar-refractivity contribution is 7.17. The minimum Gasteiger partial charge on any atom is -0.370 e. The zero-order chi connectivity index (χ0) is 12.3.